The van der Waals surface area contributed by atoms with Gasteiger partial charge in [0.25, 0.3) is 0 Å². The van der Waals surface area contributed by atoms with E-state index >= 15 is 0 Å². The van der Waals surface area contributed by atoms with E-state index < -0.39 is 10.0 Å². The van der Waals surface area contributed by atoms with Gasteiger partial charge in [-0.25, -0.2) is 0 Å². The molecule has 0 bridgehead atoms. The summed E-state index contributed by atoms with van der Waals surface area (Å²) in [5.74, 6) is 0. The predicted octanol–water partition coefficient (Wildman–Crippen LogP) is 7.77. The average Bonchev–Trinajstić information content (AvgIpc) is 3.02. The van der Waals surface area contributed by atoms with Gasteiger partial charge in [0.15, 0.2) is 0 Å². The van der Waals surface area contributed by atoms with Crippen LogP contribution in [0.2, 0.25) is 0 Å². The van der Waals surface area contributed by atoms with E-state index in [-0.39, 0.29) is 0 Å². The summed E-state index contributed by atoms with van der Waals surface area (Å²) >= 11 is 3.83. The van der Waals surface area contributed by atoms with Crippen LogP contribution in [-0.2, 0) is 0 Å². The highest BCUT2D eigenvalue weighted by Gasteiger charge is 2.42. The number of benzene rings is 4. The number of halogens is 1. The van der Waals surface area contributed by atoms with E-state index in [1.807, 2.05) is 0 Å². The molecule has 0 radical (unpaired) electrons. The van der Waals surface area contributed by atoms with Crippen LogP contribution in [0.5, 0.6) is 0 Å². The molecule has 2 heteroatoms. The third kappa shape index (κ3) is 2.09. The molecule has 0 spiro atoms. The smallest absolute Gasteiger partial charge is 0.0265 e. The lowest BCUT2D eigenvalue weighted by molar-refractivity contribution is 1.29. The molecule has 0 fully saturated rings. The molecular weight excluding hydrogens is 400 g/mol. The van der Waals surface area contributed by atoms with E-state index in [0.29, 0.717) is 0 Å². The van der Waals surface area contributed by atoms with Crippen LogP contribution in [0.3, 0.4) is 0 Å². The van der Waals surface area contributed by atoms with Gasteiger partial charge in [0.1, 0.15) is 0 Å². The highest BCUT2D eigenvalue weighted by molar-refractivity contribution is 9.10. The standard InChI is InChI=1S/C24H17BrS/c25-21-15-9-17-23-24(21)20-14-7-8-16-22(20)26(23,18-10-3-1-4-11-18)19-12-5-2-6-13-19/h1-17H. The van der Waals surface area contributed by atoms with E-state index in [1.165, 1.54) is 35.2 Å². The van der Waals surface area contributed by atoms with Crippen LogP contribution in [0.4, 0.5) is 0 Å². The van der Waals surface area contributed by atoms with Crippen molar-refractivity contribution in [2.75, 3.05) is 0 Å². The van der Waals surface area contributed by atoms with Crippen molar-refractivity contribution >= 4 is 26.0 Å². The van der Waals surface area contributed by atoms with Gasteiger partial charge in [0.2, 0.25) is 0 Å². The van der Waals surface area contributed by atoms with E-state index in [4.69, 9.17) is 0 Å². The Kier molecular flexibility index (Phi) is 3.77. The minimum atomic E-state index is -1.49. The quantitative estimate of drug-likeness (QED) is 0.275. The molecular formula is C24H17BrS. The van der Waals surface area contributed by atoms with Gasteiger partial charge < -0.3 is 0 Å². The lowest BCUT2D eigenvalue weighted by Gasteiger charge is -2.39. The Labute approximate surface area is 164 Å². The summed E-state index contributed by atoms with van der Waals surface area (Å²) < 4.78 is 1.17. The van der Waals surface area contributed by atoms with Crippen molar-refractivity contribution in [2.24, 2.45) is 0 Å². The molecule has 0 nitrogen and oxygen atoms in total. The molecule has 0 unspecified atom stereocenters. The fourth-order valence-electron chi connectivity index (χ4n) is 3.97. The molecule has 0 saturated heterocycles. The normalized spacial score (nSPS) is 15.1. The van der Waals surface area contributed by atoms with Gasteiger partial charge in [-0.3, -0.25) is 0 Å². The fourth-order valence-corrected chi connectivity index (χ4v) is 8.93. The average molecular weight is 417 g/mol. The number of hydrogen-bond acceptors (Lipinski definition) is 0. The summed E-state index contributed by atoms with van der Waals surface area (Å²) in [4.78, 5) is 5.62. The second kappa shape index (κ2) is 6.15. The minimum absolute atomic E-state index is 1.17. The molecule has 126 valence electrons. The lowest BCUT2D eigenvalue weighted by Crippen LogP contribution is -2.01. The predicted molar refractivity (Wildman–Crippen MR) is 113 cm³/mol. The molecule has 0 N–H and O–H groups in total. The first-order valence-electron chi connectivity index (χ1n) is 8.65. The van der Waals surface area contributed by atoms with Crippen LogP contribution >= 0.6 is 26.0 Å². The largest absolute Gasteiger partial charge is 0.132 e. The summed E-state index contributed by atoms with van der Waals surface area (Å²) in [5.41, 5.74) is 2.68. The van der Waals surface area contributed by atoms with Crippen molar-refractivity contribution in [3.8, 4) is 11.1 Å². The molecule has 4 aromatic carbocycles. The zero-order valence-corrected chi connectivity index (χ0v) is 16.5. The third-order valence-corrected chi connectivity index (χ3v) is 9.62. The summed E-state index contributed by atoms with van der Waals surface area (Å²) in [6.45, 7) is 0. The van der Waals surface area contributed by atoms with E-state index in [2.05, 4.69) is 119 Å². The molecule has 1 aliphatic rings. The Hall–Kier alpha value is -2.29. The van der Waals surface area contributed by atoms with E-state index in [0.717, 1.165) is 0 Å². The molecule has 0 atom stereocenters. The Morgan fingerprint density at radius 1 is 0.500 bits per heavy atom. The van der Waals surface area contributed by atoms with Gasteiger partial charge in [-0.05, 0) is 48.0 Å². The second-order valence-electron chi connectivity index (χ2n) is 6.35. The van der Waals surface area contributed by atoms with Crippen molar-refractivity contribution in [1.82, 2.24) is 0 Å². The Balaban J connectivity index is 2.00. The summed E-state index contributed by atoms with van der Waals surface area (Å²) in [5, 5.41) is 0. The molecule has 1 aliphatic heterocycles. The molecule has 4 aromatic rings. The van der Waals surface area contributed by atoms with Crippen LogP contribution in [0, 0.1) is 0 Å². The number of rotatable bonds is 2. The van der Waals surface area contributed by atoms with Gasteiger partial charge in [-0.15, -0.1) is 10.0 Å². The maximum Gasteiger partial charge on any atom is 0.0265 e. The second-order valence-corrected chi connectivity index (χ2v) is 10.2. The molecule has 26 heavy (non-hydrogen) atoms. The summed E-state index contributed by atoms with van der Waals surface area (Å²) in [6, 6.07) is 37.5. The van der Waals surface area contributed by atoms with E-state index in [9.17, 15) is 0 Å². The molecule has 0 aliphatic carbocycles. The Bertz CT molecular complexity index is 1050. The van der Waals surface area contributed by atoms with Crippen molar-refractivity contribution in [1.29, 1.82) is 0 Å². The summed E-state index contributed by atoms with van der Waals surface area (Å²) in [7, 11) is -1.49. The van der Waals surface area contributed by atoms with Crippen molar-refractivity contribution in [3.63, 3.8) is 0 Å². The van der Waals surface area contributed by atoms with Gasteiger partial charge in [0, 0.05) is 29.6 Å². The maximum absolute atomic E-state index is 3.83. The lowest BCUT2D eigenvalue weighted by atomic mass is 10.1. The summed E-state index contributed by atoms with van der Waals surface area (Å²) in [6.07, 6.45) is 0. The maximum atomic E-state index is 3.83. The van der Waals surface area contributed by atoms with Crippen LogP contribution in [0.15, 0.2) is 127 Å². The Morgan fingerprint density at radius 3 is 1.69 bits per heavy atom. The van der Waals surface area contributed by atoms with Crippen LogP contribution in [0.25, 0.3) is 11.1 Å². The van der Waals surface area contributed by atoms with Crippen LogP contribution in [-0.4, -0.2) is 0 Å². The molecule has 5 rings (SSSR count). The van der Waals surface area contributed by atoms with Gasteiger partial charge in [0.05, 0.1) is 0 Å². The van der Waals surface area contributed by atoms with Crippen molar-refractivity contribution in [2.45, 2.75) is 19.6 Å². The zero-order valence-electron chi connectivity index (χ0n) is 14.1. The monoisotopic (exact) mass is 416 g/mol. The first kappa shape index (κ1) is 15.9. The molecule has 0 amide bonds. The Morgan fingerprint density at radius 2 is 1.04 bits per heavy atom. The molecule has 0 aromatic heterocycles. The fraction of sp³-hybridized carbons (Fsp3) is 0. The van der Waals surface area contributed by atoms with Crippen LogP contribution in [0.1, 0.15) is 0 Å². The first-order valence-corrected chi connectivity index (χ1v) is 11.1. The van der Waals surface area contributed by atoms with E-state index in [1.54, 1.807) is 0 Å². The van der Waals surface area contributed by atoms with Gasteiger partial charge >= 0.3 is 0 Å². The van der Waals surface area contributed by atoms with Crippen LogP contribution < -0.4 is 0 Å². The minimum Gasteiger partial charge on any atom is -0.132 e. The van der Waals surface area contributed by atoms with Crippen molar-refractivity contribution < 1.29 is 0 Å². The van der Waals surface area contributed by atoms with Crippen molar-refractivity contribution in [3.05, 3.63) is 108 Å². The highest BCUT2D eigenvalue weighted by atomic mass is 79.9. The SMILES string of the molecule is Brc1cccc2c1-c1ccccc1S2(c1ccccc1)c1ccccc1. The third-order valence-electron chi connectivity index (χ3n) is 4.99. The molecule has 1 heterocycles. The topological polar surface area (TPSA) is 0 Å². The molecule has 0 saturated carbocycles. The number of fused-ring (bicyclic) bond motifs is 3. The van der Waals surface area contributed by atoms with Gasteiger partial charge in [-0.1, -0.05) is 76.6 Å². The number of hydrogen-bond donors (Lipinski definition) is 0. The van der Waals surface area contributed by atoms with Gasteiger partial charge in [-0.2, -0.15) is 0 Å². The zero-order chi connectivity index (χ0) is 17.6. The first-order chi connectivity index (χ1) is 12.8. The highest BCUT2D eigenvalue weighted by Crippen LogP contribution is 2.80.